The Morgan fingerprint density at radius 3 is 1.41 bits per heavy atom. The highest BCUT2D eigenvalue weighted by molar-refractivity contribution is 5.91. The van der Waals surface area contributed by atoms with Crippen molar-refractivity contribution in [2.45, 2.75) is 25.0 Å². The molecule has 17 heavy (non-hydrogen) atoms. The Labute approximate surface area is 95.3 Å². The van der Waals surface area contributed by atoms with Gasteiger partial charge in [-0.2, -0.15) is 0 Å². The van der Waals surface area contributed by atoms with Crippen molar-refractivity contribution < 1.29 is 34.1 Å². The van der Waals surface area contributed by atoms with Gasteiger partial charge >= 0.3 is 11.9 Å². The van der Waals surface area contributed by atoms with E-state index in [4.69, 9.17) is 10.2 Å². The summed E-state index contributed by atoms with van der Waals surface area (Å²) in [7, 11) is 0. The molecule has 0 aliphatic heterocycles. The molecule has 2 atom stereocenters. The summed E-state index contributed by atoms with van der Waals surface area (Å²) >= 11 is 0. The van der Waals surface area contributed by atoms with E-state index in [0.717, 1.165) is 0 Å². The van der Waals surface area contributed by atoms with Crippen molar-refractivity contribution in [1.29, 1.82) is 0 Å². The monoisotopic (exact) mass is 248 g/mol. The summed E-state index contributed by atoms with van der Waals surface area (Å²) in [5, 5.41) is 17.7. The molecule has 0 saturated carbocycles. The molecule has 0 aromatic heterocycles. The average molecular weight is 248 g/mol. The van der Waals surface area contributed by atoms with Crippen LogP contribution in [0.15, 0.2) is 0 Å². The molecule has 9 heteroatoms. The summed E-state index contributed by atoms with van der Waals surface area (Å²) in [5.74, 6) is -4.71. The van der Waals surface area contributed by atoms with Crippen LogP contribution in [-0.4, -0.2) is 46.2 Å². The fourth-order valence-electron chi connectivity index (χ4n) is 0.727. The lowest BCUT2D eigenvalue weighted by Gasteiger charge is -2.07. The van der Waals surface area contributed by atoms with E-state index in [9.17, 15) is 19.2 Å². The maximum Gasteiger partial charge on any atom is 0.316 e. The number of carbonyl (C=O) groups is 4. The van der Waals surface area contributed by atoms with Crippen molar-refractivity contribution in [1.82, 2.24) is 0 Å². The SMILES string of the molecule is NC(=O)C(O)CC(=O)OC(=O)CC(O)C(N)=O. The summed E-state index contributed by atoms with van der Waals surface area (Å²) in [6.07, 6.45) is -5.13. The van der Waals surface area contributed by atoms with Gasteiger partial charge in [0.15, 0.2) is 0 Å². The Bertz CT molecular complexity index is 309. The molecule has 0 radical (unpaired) electrons. The molecule has 0 rings (SSSR count). The van der Waals surface area contributed by atoms with Gasteiger partial charge in [-0.25, -0.2) is 0 Å². The first-order valence-corrected chi connectivity index (χ1v) is 4.42. The molecule has 0 fully saturated rings. The number of aliphatic hydroxyl groups excluding tert-OH is 2. The number of hydrogen-bond donors (Lipinski definition) is 4. The van der Waals surface area contributed by atoms with Gasteiger partial charge in [0, 0.05) is 0 Å². The number of rotatable bonds is 6. The summed E-state index contributed by atoms with van der Waals surface area (Å²) < 4.78 is 4.08. The van der Waals surface area contributed by atoms with Crippen molar-refractivity contribution in [3.8, 4) is 0 Å². The predicted octanol–water partition coefficient (Wildman–Crippen LogP) is -3.47. The molecule has 0 aromatic carbocycles. The molecule has 0 heterocycles. The summed E-state index contributed by atoms with van der Waals surface area (Å²) in [4.78, 5) is 42.6. The second-order valence-electron chi connectivity index (χ2n) is 3.09. The highest BCUT2D eigenvalue weighted by atomic mass is 16.6. The third-order valence-electron chi connectivity index (χ3n) is 1.60. The van der Waals surface area contributed by atoms with Crippen molar-refractivity contribution in [3.63, 3.8) is 0 Å². The van der Waals surface area contributed by atoms with Gasteiger partial charge in [0.25, 0.3) is 0 Å². The summed E-state index contributed by atoms with van der Waals surface area (Å²) in [6.45, 7) is 0. The first-order chi connectivity index (χ1) is 7.73. The molecule has 2 unspecified atom stereocenters. The maximum atomic E-state index is 10.9. The third kappa shape index (κ3) is 6.22. The first-order valence-electron chi connectivity index (χ1n) is 4.42. The van der Waals surface area contributed by atoms with E-state index < -0.39 is 48.8 Å². The second kappa shape index (κ2) is 6.55. The molecular weight excluding hydrogens is 236 g/mol. The number of ether oxygens (including phenoxy) is 1. The number of hydrogen-bond acceptors (Lipinski definition) is 7. The van der Waals surface area contributed by atoms with Crippen LogP contribution in [0.3, 0.4) is 0 Å². The van der Waals surface area contributed by atoms with E-state index in [2.05, 4.69) is 16.2 Å². The molecule has 0 bridgehead atoms. The standard InChI is InChI=1S/C8H12N2O7/c9-7(15)3(11)1-5(13)17-6(14)2-4(12)8(10)16/h3-4,11-12H,1-2H2,(H2,9,15)(H2,10,16). The predicted molar refractivity (Wildman–Crippen MR) is 50.7 cm³/mol. The van der Waals surface area contributed by atoms with Crippen LogP contribution in [0, 0.1) is 0 Å². The van der Waals surface area contributed by atoms with Crippen molar-refractivity contribution in [3.05, 3.63) is 0 Å². The molecule has 0 aliphatic rings. The quantitative estimate of drug-likeness (QED) is 0.279. The lowest BCUT2D eigenvalue weighted by atomic mass is 10.2. The molecular formula is C8H12N2O7. The van der Waals surface area contributed by atoms with Gasteiger partial charge in [0.1, 0.15) is 12.2 Å². The van der Waals surface area contributed by atoms with Gasteiger partial charge in [0.2, 0.25) is 11.8 Å². The molecule has 2 amide bonds. The topological polar surface area (TPSA) is 170 Å². The van der Waals surface area contributed by atoms with E-state index in [1.54, 1.807) is 0 Å². The number of amides is 2. The zero-order valence-electron chi connectivity index (χ0n) is 8.66. The lowest BCUT2D eigenvalue weighted by molar-refractivity contribution is -0.163. The molecule has 0 spiro atoms. The van der Waals surface area contributed by atoms with Crippen molar-refractivity contribution in [2.24, 2.45) is 11.5 Å². The Balaban J connectivity index is 4.09. The van der Waals surface area contributed by atoms with Gasteiger partial charge in [0.05, 0.1) is 12.8 Å². The molecule has 9 nitrogen and oxygen atoms in total. The minimum Gasteiger partial charge on any atom is -0.393 e. The van der Waals surface area contributed by atoms with Crippen LogP contribution in [-0.2, 0) is 23.9 Å². The highest BCUT2D eigenvalue weighted by Crippen LogP contribution is 1.99. The first kappa shape index (κ1) is 15.0. The molecule has 0 aromatic rings. The lowest BCUT2D eigenvalue weighted by Crippen LogP contribution is -2.33. The van der Waals surface area contributed by atoms with Gasteiger partial charge in [-0.15, -0.1) is 0 Å². The van der Waals surface area contributed by atoms with Gasteiger partial charge < -0.3 is 26.4 Å². The summed E-state index contributed by atoms with van der Waals surface area (Å²) in [5.41, 5.74) is 9.31. The number of nitrogens with two attached hydrogens (primary N) is 2. The van der Waals surface area contributed by atoms with E-state index in [0.29, 0.717) is 0 Å². The Morgan fingerprint density at radius 1 is 0.882 bits per heavy atom. The van der Waals surface area contributed by atoms with Crippen molar-refractivity contribution in [2.75, 3.05) is 0 Å². The Hall–Kier alpha value is -2.00. The minimum atomic E-state index is -1.77. The van der Waals surface area contributed by atoms with Crippen molar-refractivity contribution >= 4 is 23.8 Å². The fraction of sp³-hybridized carbons (Fsp3) is 0.500. The van der Waals surface area contributed by atoms with Crippen LogP contribution in [0.4, 0.5) is 0 Å². The zero-order chi connectivity index (χ0) is 13.6. The van der Waals surface area contributed by atoms with Crippen LogP contribution < -0.4 is 11.5 Å². The molecule has 96 valence electrons. The summed E-state index contributed by atoms with van der Waals surface area (Å²) in [6, 6.07) is 0. The van der Waals surface area contributed by atoms with Crippen LogP contribution in [0.1, 0.15) is 12.8 Å². The Morgan fingerprint density at radius 2 is 1.18 bits per heavy atom. The number of primary amides is 2. The highest BCUT2D eigenvalue weighted by Gasteiger charge is 2.22. The molecule has 6 N–H and O–H groups in total. The van der Waals surface area contributed by atoms with Crippen LogP contribution in [0.5, 0.6) is 0 Å². The number of carbonyl (C=O) groups excluding carboxylic acids is 4. The smallest absolute Gasteiger partial charge is 0.316 e. The van der Waals surface area contributed by atoms with Gasteiger partial charge in [-0.05, 0) is 0 Å². The van der Waals surface area contributed by atoms with E-state index in [1.807, 2.05) is 0 Å². The number of aliphatic hydroxyl groups is 2. The molecule has 0 saturated heterocycles. The Kier molecular flexibility index (Phi) is 5.78. The number of esters is 2. The second-order valence-corrected chi connectivity index (χ2v) is 3.09. The van der Waals surface area contributed by atoms with Gasteiger partial charge in [-0.1, -0.05) is 0 Å². The molecule has 0 aliphatic carbocycles. The van der Waals surface area contributed by atoms with Crippen LogP contribution >= 0.6 is 0 Å². The van der Waals surface area contributed by atoms with E-state index in [1.165, 1.54) is 0 Å². The van der Waals surface area contributed by atoms with Crippen LogP contribution in [0.25, 0.3) is 0 Å². The minimum absolute atomic E-state index is 0.798. The average Bonchev–Trinajstić information content (AvgIpc) is 2.16. The third-order valence-corrected chi connectivity index (χ3v) is 1.60. The van der Waals surface area contributed by atoms with E-state index >= 15 is 0 Å². The zero-order valence-corrected chi connectivity index (χ0v) is 8.66. The van der Waals surface area contributed by atoms with Gasteiger partial charge in [-0.3, -0.25) is 19.2 Å². The normalized spacial score (nSPS) is 13.5. The maximum absolute atomic E-state index is 10.9. The fourth-order valence-corrected chi connectivity index (χ4v) is 0.727. The van der Waals surface area contributed by atoms with Crippen LogP contribution in [0.2, 0.25) is 0 Å². The largest absolute Gasteiger partial charge is 0.393 e. The van der Waals surface area contributed by atoms with E-state index in [-0.39, 0.29) is 0 Å².